The number of ketones is 2. The van der Waals surface area contributed by atoms with E-state index in [9.17, 15) is 24.6 Å². The number of carboxylic acids is 1. The van der Waals surface area contributed by atoms with E-state index in [0.29, 0.717) is 18.8 Å². The molecule has 5 aliphatic rings. The Kier molecular flexibility index (Phi) is 5.25. The molecule has 5 rings (SSSR count). The van der Waals surface area contributed by atoms with Crippen LogP contribution < -0.4 is 0 Å². The van der Waals surface area contributed by atoms with Crippen LogP contribution in [0.4, 0.5) is 0 Å². The van der Waals surface area contributed by atoms with Crippen molar-refractivity contribution in [1.82, 2.24) is 0 Å². The maximum atomic E-state index is 13.4. The minimum atomic E-state index is -1.01. The van der Waals surface area contributed by atoms with Crippen molar-refractivity contribution in [2.24, 2.45) is 50.2 Å². The van der Waals surface area contributed by atoms with Crippen LogP contribution in [-0.2, 0) is 14.4 Å². The van der Waals surface area contributed by atoms with Gasteiger partial charge in [0.1, 0.15) is 11.6 Å². The summed E-state index contributed by atoms with van der Waals surface area (Å²) in [5, 5.41) is 20.4. The summed E-state index contributed by atoms with van der Waals surface area (Å²) in [7, 11) is 0. The highest BCUT2D eigenvalue weighted by Gasteiger charge is 2.69. The number of carbonyl (C=O) groups is 3. The lowest BCUT2D eigenvalue weighted by atomic mass is 9.33. The lowest BCUT2D eigenvalue weighted by molar-refractivity contribution is -0.192. The Hall–Kier alpha value is -1.49. The highest BCUT2D eigenvalue weighted by molar-refractivity contribution is 5.92. The van der Waals surface area contributed by atoms with Crippen LogP contribution in [0.3, 0.4) is 0 Å². The number of hydrogen-bond donors (Lipinski definition) is 2. The van der Waals surface area contributed by atoms with Crippen molar-refractivity contribution in [3.05, 3.63) is 11.6 Å². The third-order valence-electron chi connectivity index (χ3n) is 13.1. The standard InChI is InChI=1S/C30H44O5/c1-25(24(34)35)15-19-18-7-8-21-27(3)11-10-22(32)28(4,17-31)20(27)9-12-30(21,6)29(18,5)14-13-26(19,2)23(33)16-25/h7,19-21,31H,8-17H2,1-6H3,(H,34,35). The molecular formula is C30H44O5. The summed E-state index contributed by atoms with van der Waals surface area (Å²) in [6.45, 7) is 13.0. The van der Waals surface area contributed by atoms with Gasteiger partial charge in [0.2, 0.25) is 0 Å². The predicted octanol–water partition coefficient (Wildman–Crippen LogP) is 5.59. The summed E-state index contributed by atoms with van der Waals surface area (Å²) in [6, 6.07) is 0. The Labute approximate surface area is 210 Å². The number of fused-ring (bicyclic) bond motifs is 7. The first-order chi connectivity index (χ1) is 16.1. The van der Waals surface area contributed by atoms with Crippen molar-refractivity contribution in [1.29, 1.82) is 0 Å². The van der Waals surface area contributed by atoms with Crippen molar-refractivity contribution in [3.8, 4) is 0 Å². The molecule has 0 aromatic carbocycles. The van der Waals surface area contributed by atoms with E-state index in [1.807, 2.05) is 6.92 Å². The van der Waals surface area contributed by atoms with Gasteiger partial charge in [-0.1, -0.05) is 46.3 Å². The second-order valence-electron chi connectivity index (χ2n) is 14.4. The van der Waals surface area contributed by atoms with E-state index in [1.54, 1.807) is 6.92 Å². The normalized spacial score (nSPS) is 53.6. The highest BCUT2D eigenvalue weighted by atomic mass is 16.4. The Morgan fingerprint density at radius 2 is 1.66 bits per heavy atom. The lowest BCUT2D eigenvalue weighted by Gasteiger charge is -2.70. The SMILES string of the molecule is CC1(C(=O)O)CC(=O)C2(C)CCC3(C)C(=CCC4C5(C)CCC(=O)C(C)(CO)C5CCC43C)C2C1. The summed E-state index contributed by atoms with van der Waals surface area (Å²) in [5.74, 6) is 0.0289. The average molecular weight is 485 g/mol. The summed E-state index contributed by atoms with van der Waals surface area (Å²) >= 11 is 0. The van der Waals surface area contributed by atoms with Gasteiger partial charge in [0.15, 0.2) is 0 Å². The first-order valence-electron chi connectivity index (χ1n) is 13.7. The molecule has 0 spiro atoms. The van der Waals surface area contributed by atoms with Gasteiger partial charge in [-0.25, -0.2) is 0 Å². The molecule has 0 aromatic heterocycles. The smallest absolute Gasteiger partial charge is 0.309 e. The number of Topliss-reactive ketones (excluding diaryl/α,β-unsaturated/α-hetero) is 2. The molecule has 4 fully saturated rings. The second-order valence-corrected chi connectivity index (χ2v) is 14.4. The van der Waals surface area contributed by atoms with Crippen LogP contribution in [0, 0.1) is 50.2 Å². The van der Waals surface area contributed by atoms with Gasteiger partial charge >= 0.3 is 5.97 Å². The molecule has 0 aliphatic heterocycles. The highest BCUT2D eigenvalue weighted by Crippen LogP contribution is 2.75. The van der Waals surface area contributed by atoms with Crippen LogP contribution in [0.1, 0.15) is 99.3 Å². The van der Waals surface area contributed by atoms with Crippen molar-refractivity contribution >= 4 is 17.5 Å². The average Bonchev–Trinajstić information content (AvgIpc) is 2.79. The molecule has 35 heavy (non-hydrogen) atoms. The van der Waals surface area contributed by atoms with Crippen molar-refractivity contribution < 1.29 is 24.6 Å². The van der Waals surface area contributed by atoms with E-state index < -0.39 is 22.2 Å². The van der Waals surface area contributed by atoms with Crippen LogP contribution in [0.25, 0.3) is 0 Å². The molecule has 0 radical (unpaired) electrons. The van der Waals surface area contributed by atoms with Crippen molar-refractivity contribution in [3.63, 3.8) is 0 Å². The molecule has 0 heterocycles. The number of hydrogen-bond acceptors (Lipinski definition) is 4. The van der Waals surface area contributed by atoms with Crippen LogP contribution in [0.2, 0.25) is 0 Å². The summed E-state index contributed by atoms with van der Waals surface area (Å²) in [5.41, 5.74) is -0.913. The van der Waals surface area contributed by atoms with Crippen LogP contribution in [0.15, 0.2) is 11.6 Å². The number of aliphatic carboxylic acids is 1. The van der Waals surface area contributed by atoms with Gasteiger partial charge < -0.3 is 10.2 Å². The zero-order valence-electron chi connectivity index (χ0n) is 22.5. The molecule has 4 saturated carbocycles. The zero-order chi connectivity index (χ0) is 25.8. The van der Waals surface area contributed by atoms with Crippen LogP contribution in [0.5, 0.6) is 0 Å². The molecule has 9 unspecified atom stereocenters. The second kappa shape index (κ2) is 7.30. The monoisotopic (exact) mass is 484 g/mol. The topological polar surface area (TPSA) is 91.7 Å². The number of carbonyl (C=O) groups excluding carboxylic acids is 2. The van der Waals surface area contributed by atoms with E-state index in [0.717, 1.165) is 38.5 Å². The maximum Gasteiger partial charge on any atom is 0.309 e. The quantitative estimate of drug-likeness (QED) is 0.498. The fraction of sp³-hybridized carbons (Fsp3) is 0.833. The van der Waals surface area contributed by atoms with Crippen molar-refractivity contribution in [2.75, 3.05) is 6.61 Å². The molecular weight excluding hydrogens is 440 g/mol. The molecule has 5 nitrogen and oxygen atoms in total. The Morgan fingerprint density at radius 3 is 2.29 bits per heavy atom. The zero-order valence-corrected chi connectivity index (χ0v) is 22.5. The van der Waals surface area contributed by atoms with E-state index >= 15 is 0 Å². The fourth-order valence-corrected chi connectivity index (χ4v) is 10.3. The molecule has 5 heteroatoms. The molecule has 5 aliphatic carbocycles. The van der Waals surface area contributed by atoms with E-state index in [-0.39, 0.29) is 52.7 Å². The minimum Gasteiger partial charge on any atom is -0.481 e. The van der Waals surface area contributed by atoms with Gasteiger partial charge in [-0.2, -0.15) is 0 Å². The predicted molar refractivity (Wildman–Crippen MR) is 133 cm³/mol. The molecule has 9 atom stereocenters. The number of allylic oxidation sites excluding steroid dienone is 2. The van der Waals surface area contributed by atoms with Gasteiger partial charge in [-0.05, 0) is 85.9 Å². The third-order valence-corrected chi connectivity index (χ3v) is 13.1. The Balaban J connectivity index is 1.60. The summed E-state index contributed by atoms with van der Waals surface area (Å²) in [6.07, 6.45) is 9.09. The van der Waals surface area contributed by atoms with Crippen molar-refractivity contribution in [2.45, 2.75) is 99.3 Å². The number of aliphatic hydroxyl groups is 1. The molecule has 0 aromatic rings. The van der Waals surface area contributed by atoms with Crippen LogP contribution >= 0.6 is 0 Å². The lowest BCUT2D eigenvalue weighted by Crippen LogP contribution is -2.65. The number of rotatable bonds is 2. The number of aliphatic hydroxyl groups excluding tert-OH is 1. The Morgan fingerprint density at radius 1 is 0.971 bits per heavy atom. The third kappa shape index (κ3) is 2.88. The van der Waals surface area contributed by atoms with Gasteiger partial charge in [0.05, 0.1) is 17.4 Å². The van der Waals surface area contributed by atoms with Gasteiger partial charge in [-0.3, -0.25) is 14.4 Å². The summed E-state index contributed by atoms with van der Waals surface area (Å²) in [4.78, 5) is 38.6. The minimum absolute atomic E-state index is 0.0144. The summed E-state index contributed by atoms with van der Waals surface area (Å²) < 4.78 is 0. The van der Waals surface area contributed by atoms with E-state index in [1.165, 1.54) is 5.57 Å². The molecule has 0 amide bonds. The van der Waals surface area contributed by atoms with E-state index in [4.69, 9.17) is 0 Å². The van der Waals surface area contributed by atoms with E-state index in [2.05, 4.69) is 33.8 Å². The molecule has 0 saturated heterocycles. The molecule has 194 valence electrons. The van der Waals surface area contributed by atoms with Gasteiger partial charge in [0, 0.05) is 18.3 Å². The Bertz CT molecular complexity index is 1030. The molecule has 0 bridgehead atoms. The molecule has 2 N–H and O–H groups in total. The first kappa shape index (κ1) is 25.2. The van der Waals surface area contributed by atoms with Crippen LogP contribution in [-0.4, -0.2) is 34.4 Å². The largest absolute Gasteiger partial charge is 0.481 e. The maximum absolute atomic E-state index is 13.4. The van der Waals surface area contributed by atoms with Gasteiger partial charge in [-0.15, -0.1) is 0 Å². The first-order valence-corrected chi connectivity index (χ1v) is 13.7. The fourth-order valence-electron chi connectivity index (χ4n) is 10.3. The van der Waals surface area contributed by atoms with Gasteiger partial charge in [0.25, 0.3) is 0 Å². The number of carboxylic acid groups (broad SMARTS) is 1.